The van der Waals surface area contributed by atoms with Crippen LogP contribution in [0, 0.1) is 5.41 Å². The molecule has 0 aliphatic heterocycles. The topological polar surface area (TPSA) is 35.5 Å². The lowest BCUT2D eigenvalue weighted by Crippen LogP contribution is -2.07. The van der Waals surface area contributed by atoms with Crippen LogP contribution in [0.5, 0.6) is 0 Å². The van der Waals surface area contributed by atoms with Crippen LogP contribution in [-0.4, -0.2) is 12.6 Å². The molecule has 0 N–H and O–H groups in total. The van der Waals surface area contributed by atoms with Crippen LogP contribution in [0.1, 0.15) is 72.6 Å². The first-order valence-corrected chi connectivity index (χ1v) is 6.78. The van der Waals surface area contributed by atoms with Crippen LogP contribution in [0.4, 0.5) is 0 Å². The van der Waals surface area contributed by atoms with Crippen LogP contribution in [0.15, 0.2) is 0 Å². The Morgan fingerprint density at radius 2 is 1.76 bits per heavy atom. The van der Waals surface area contributed by atoms with E-state index in [-0.39, 0.29) is 5.97 Å². The molecule has 102 valence electrons. The molecule has 0 radical (unpaired) electrons. The summed E-state index contributed by atoms with van der Waals surface area (Å²) in [6.07, 6.45) is 6.80. The molecule has 0 atom stereocenters. The second kappa shape index (κ2) is 9.46. The van der Waals surface area contributed by atoms with E-state index >= 15 is 0 Å². The van der Waals surface area contributed by atoms with Crippen LogP contribution < -0.4 is 0 Å². The van der Waals surface area contributed by atoms with Gasteiger partial charge in [-0.05, 0) is 24.7 Å². The lowest BCUT2D eigenvalue weighted by Gasteiger charge is -2.17. The first-order chi connectivity index (χ1) is 7.95. The van der Waals surface area contributed by atoms with Crippen molar-refractivity contribution in [1.82, 2.24) is 0 Å². The number of carbonyl (C=O) groups is 1. The zero-order valence-corrected chi connectivity index (χ0v) is 11.9. The van der Waals surface area contributed by atoms with Gasteiger partial charge in [-0.15, -0.1) is 0 Å². The summed E-state index contributed by atoms with van der Waals surface area (Å²) in [7, 11) is 0. The maximum atomic E-state index is 11.2. The number of hydrogen-bond acceptors (Lipinski definition) is 3. The highest BCUT2D eigenvalue weighted by Crippen LogP contribution is 2.22. The zero-order valence-electron chi connectivity index (χ0n) is 11.9. The third-order valence-corrected chi connectivity index (χ3v) is 2.54. The Labute approximate surface area is 106 Å². The molecule has 0 heterocycles. The lowest BCUT2D eigenvalue weighted by atomic mass is 9.89. The normalized spacial score (nSPS) is 11.5. The molecular formula is C14H28O3. The van der Waals surface area contributed by atoms with E-state index in [0.717, 1.165) is 25.7 Å². The molecule has 0 saturated heterocycles. The molecule has 3 heteroatoms. The van der Waals surface area contributed by atoms with Gasteiger partial charge in [0, 0.05) is 6.42 Å². The van der Waals surface area contributed by atoms with E-state index in [1.54, 1.807) is 0 Å². The molecule has 0 aromatic rings. The van der Waals surface area contributed by atoms with Crippen molar-refractivity contribution >= 4 is 5.97 Å². The Hall–Kier alpha value is -0.570. The number of hydrogen-bond donors (Lipinski definition) is 0. The highest BCUT2D eigenvalue weighted by Gasteiger charge is 2.09. The molecule has 0 rings (SSSR count). The predicted molar refractivity (Wildman–Crippen MR) is 69.5 cm³/mol. The molecule has 0 spiro atoms. The quantitative estimate of drug-likeness (QED) is 0.345. The second-order valence-electron chi connectivity index (χ2n) is 5.75. The molecule has 0 aliphatic rings. The molecule has 0 saturated carbocycles. The van der Waals surface area contributed by atoms with Gasteiger partial charge in [-0.25, -0.2) is 4.79 Å². The molecule has 0 amide bonds. The molecule has 17 heavy (non-hydrogen) atoms. The largest absolute Gasteiger partial charge is 0.342 e. The molecule has 0 aromatic heterocycles. The minimum Gasteiger partial charge on any atom is -0.298 e. The van der Waals surface area contributed by atoms with Gasteiger partial charge >= 0.3 is 5.97 Å². The summed E-state index contributed by atoms with van der Waals surface area (Å²) in [6, 6.07) is 0. The maximum absolute atomic E-state index is 11.2. The summed E-state index contributed by atoms with van der Waals surface area (Å²) in [4.78, 5) is 20.7. The second-order valence-corrected chi connectivity index (χ2v) is 5.75. The van der Waals surface area contributed by atoms with Crippen LogP contribution in [0.2, 0.25) is 0 Å². The number of rotatable bonds is 9. The van der Waals surface area contributed by atoms with Crippen molar-refractivity contribution in [3.8, 4) is 0 Å². The van der Waals surface area contributed by atoms with Gasteiger partial charge in [-0.1, -0.05) is 47.0 Å². The Kier molecular flexibility index (Phi) is 9.14. The summed E-state index contributed by atoms with van der Waals surface area (Å²) in [5.74, 6) is -0.239. The fraction of sp³-hybridized carbons (Fsp3) is 0.929. The van der Waals surface area contributed by atoms with Crippen LogP contribution in [-0.2, 0) is 14.6 Å². The standard InChI is InChI=1S/C14H28O3/c1-5-6-12-16-17-13(15)10-8-7-9-11-14(2,3)4/h5-12H2,1-4H3. The van der Waals surface area contributed by atoms with Crippen molar-refractivity contribution in [2.45, 2.75) is 72.6 Å². The average Bonchev–Trinajstić information content (AvgIpc) is 2.22. The lowest BCUT2D eigenvalue weighted by molar-refractivity contribution is -0.272. The van der Waals surface area contributed by atoms with Gasteiger partial charge < -0.3 is 0 Å². The predicted octanol–water partition coefficient (Wildman–Crippen LogP) is 4.26. The molecular weight excluding hydrogens is 216 g/mol. The average molecular weight is 244 g/mol. The Balaban J connectivity index is 3.28. The van der Waals surface area contributed by atoms with Crippen LogP contribution >= 0.6 is 0 Å². The molecule has 0 fully saturated rings. The Bertz CT molecular complexity index is 194. The fourth-order valence-electron chi connectivity index (χ4n) is 1.45. The summed E-state index contributed by atoms with van der Waals surface area (Å²) in [5, 5.41) is 0. The first-order valence-electron chi connectivity index (χ1n) is 6.78. The minimum absolute atomic E-state index is 0.239. The molecule has 0 aliphatic carbocycles. The van der Waals surface area contributed by atoms with Crippen molar-refractivity contribution in [1.29, 1.82) is 0 Å². The third kappa shape index (κ3) is 13.4. The van der Waals surface area contributed by atoms with E-state index in [0.29, 0.717) is 18.4 Å². The molecule has 0 bridgehead atoms. The van der Waals surface area contributed by atoms with Crippen LogP contribution in [0.3, 0.4) is 0 Å². The summed E-state index contributed by atoms with van der Waals surface area (Å²) < 4.78 is 0. The zero-order chi connectivity index (χ0) is 13.1. The Morgan fingerprint density at radius 1 is 1.06 bits per heavy atom. The van der Waals surface area contributed by atoms with E-state index in [1.807, 2.05) is 0 Å². The van der Waals surface area contributed by atoms with Gasteiger partial charge in [-0.3, -0.25) is 4.89 Å². The van der Waals surface area contributed by atoms with Gasteiger partial charge in [0.15, 0.2) is 0 Å². The first kappa shape index (κ1) is 16.4. The van der Waals surface area contributed by atoms with E-state index in [2.05, 4.69) is 32.6 Å². The molecule has 3 nitrogen and oxygen atoms in total. The van der Waals surface area contributed by atoms with Crippen molar-refractivity contribution in [3.05, 3.63) is 0 Å². The highest BCUT2D eigenvalue weighted by atomic mass is 17.2. The summed E-state index contributed by atoms with van der Waals surface area (Å²) in [6.45, 7) is 9.29. The van der Waals surface area contributed by atoms with E-state index < -0.39 is 0 Å². The maximum Gasteiger partial charge on any atom is 0.342 e. The van der Waals surface area contributed by atoms with Crippen LogP contribution in [0.25, 0.3) is 0 Å². The minimum atomic E-state index is -0.239. The van der Waals surface area contributed by atoms with Gasteiger partial charge in [0.25, 0.3) is 0 Å². The highest BCUT2D eigenvalue weighted by molar-refractivity contribution is 5.68. The monoisotopic (exact) mass is 244 g/mol. The van der Waals surface area contributed by atoms with Crippen molar-refractivity contribution in [2.24, 2.45) is 5.41 Å². The SMILES string of the molecule is CCCCOOC(=O)CCCCCC(C)(C)C. The third-order valence-electron chi connectivity index (χ3n) is 2.54. The number of unbranched alkanes of at least 4 members (excludes halogenated alkanes) is 3. The van der Waals surface area contributed by atoms with E-state index in [9.17, 15) is 4.79 Å². The summed E-state index contributed by atoms with van der Waals surface area (Å²) >= 11 is 0. The number of carbonyl (C=O) groups excluding carboxylic acids is 1. The fourth-order valence-corrected chi connectivity index (χ4v) is 1.45. The van der Waals surface area contributed by atoms with Crippen molar-refractivity contribution in [3.63, 3.8) is 0 Å². The van der Waals surface area contributed by atoms with Crippen molar-refractivity contribution < 1.29 is 14.6 Å². The van der Waals surface area contributed by atoms with Gasteiger partial charge in [0.05, 0.1) is 6.61 Å². The van der Waals surface area contributed by atoms with E-state index in [4.69, 9.17) is 4.89 Å². The van der Waals surface area contributed by atoms with Gasteiger partial charge in [0.2, 0.25) is 0 Å². The van der Waals surface area contributed by atoms with E-state index in [1.165, 1.54) is 12.8 Å². The van der Waals surface area contributed by atoms with Gasteiger partial charge in [0.1, 0.15) is 0 Å². The van der Waals surface area contributed by atoms with Crippen molar-refractivity contribution in [2.75, 3.05) is 6.61 Å². The molecule has 0 aromatic carbocycles. The Morgan fingerprint density at radius 3 is 2.35 bits per heavy atom. The summed E-state index contributed by atoms with van der Waals surface area (Å²) in [5.41, 5.74) is 0.393. The smallest absolute Gasteiger partial charge is 0.298 e. The molecule has 0 unspecified atom stereocenters. The van der Waals surface area contributed by atoms with Gasteiger partial charge in [-0.2, -0.15) is 4.89 Å².